The molecule has 2 rings (SSSR count). The van der Waals surface area contributed by atoms with E-state index in [-0.39, 0.29) is 11.5 Å². The Balaban J connectivity index is 2.38. The van der Waals surface area contributed by atoms with Crippen LogP contribution in [0.5, 0.6) is 0 Å². The summed E-state index contributed by atoms with van der Waals surface area (Å²) in [6.45, 7) is 3.50. The Bertz CT molecular complexity index is 751. The van der Waals surface area contributed by atoms with Gasteiger partial charge in [0.1, 0.15) is 17.3 Å². The lowest BCUT2D eigenvalue weighted by molar-refractivity contribution is -0.120. The van der Waals surface area contributed by atoms with Crippen LogP contribution < -0.4 is 16.6 Å². The molecule has 0 spiro atoms. The van der Waals surface area contributed by atoms with Crippen molar-refractivity contribution in [3.05, 3.63) is 46.5 Å². The summed E-state index contributed by atoms with van der Waals surface area (Å²) < 4.78 is 1.27. The molecular formula is C14H16N4O3. The van der Waals surface area contributed by atoms with Gasteiger partial charge in [-0.1, -0.05) is 19.9 Å². The minimum absolute atomic E-state index is 0.134. The average molecular weight is 288 g/mol. The molecule has 0 saturated heterocycles. The van der Waals surface area contributed by atoms with E-state index in [1.54, 1.807) is 32.0 Å². The maximum atomic E-state index is 12.2. The SMILES string of the molecule is CC(C)[C@H](NC(=O)c1cnc2ccccn2c1=O)C(N)=O. The first-order chi connectivity index (χ1) is 9.91. The van der Waals surface area contributed by atoms with Gasteiger partial charge in [0.25, 0.3) is 11.5 Å². The van der Waals surface area contributed by atoms with Crippen molar-refractivity contribution in [3.8, 4) is 0 Å². The number of hydrogen-bond donors (Lipinski definition) is 2. The van der Waals surface area contributed by atoms with E-state index in [4.69, 9.17) is 5.73 Å². The summed E-state index contributed by atoms with van der Waals surface area (Å²) in [6.07, 6.45) is 2.72. The van der Waals surface area contributed by atoms with Crippen LogP contribution in [0, 0.1) is 5.92 Å². The number of carbonyl (C=O) groups is 2. The van der Waals surface area contributed by atoms with Crippen molar-refractivity contribution in [2.45, 2.75) is 19.9 Å². The zero-order valence-corrected chi connectivity index (χ0v) is 11.7. The first-order valence-electron chi connectivity index (χ1n) is 6.48. The number of carbonyl (C=O) groups excluding carboxylic acids is 2. The molecule has 1 atom stereocenters. The van der Waals surface area contributed by atoms with E-state index in [2.05, 4.69) is 10.3 Å². The van der Waals surface area contributed by atoms with Gasteiger partial charge >= 0.3 is 0 Å². The average Bonchev–Trinajstić information content (AvgIpc) is 2.44. The van der Waals surface area contributed by atoms with Crippen LogP contribution in [-0.2, 0) is 4.79 Å². The van der Waals surface area contributed by atoms with E-state index < -0.39 is 23.4 Å². The van der Waals surface area contributed by atoms with Gasteiger partial charge in [-0.3, -0.25) is 18.8 Å². The number of fused-ring (bicyclic) bond motifs is 1. The second-order valence-electron chi connectivity index (χ2n) is 5.00. The second kappa shape index (κ2) is 5.74. The summed E-state index contributed by atoms with van der Waals surface area (Å²) in [7, 11) is 0. The number of hydrogen-bond acceptors (Lipinski definition) is 4. The third-order valence-electron chi connectivity index (χ3n) is 3.12. The van der Waals surface area contributed by atoms with E-state index in [0.29, 0.717) is 5.65 Å². The van der Waals surface area contributed by atoms with Gasteiger partial charge < -0.3 is 11.1 Å². The first kappa shape index (κ1) is 14.7. The lowest BCUT2D eigenvalue weighted by Gasteiger charge is -2.18. The number of rotatable bonds is 4. The van der Waals surface area contributed by atoms with Gasteiger partial charge in [-0.15, -0.1) is 0 Å². The summed E-state index contributed by atoms with van der Waals surface area (Å²) >= 11 is 0. The number of pyridine rings is 1. The fraction of sp³-hybridized carbons (Fsp3) is 0.286. The molecule has 2 aromatic rings. The maximum absolute atomic E-state index is 12.2. The molecular weight excluding hydrogens is 272 g/mol. The fourth-order valence-corrected chi connectivity index (χ4v) is 1.97. The Morgan fingerprint density at radius 1 is 1.33 bits per heavy atom. The highest BCUT2D eigenvalue weighted by molar-refractivity contribution is 5.97. The van der Waals surface area contributed by atoms with Crippen LogP contribution in [0.1, 0.15) is 24.2 Å². The van der Waals surface area contributed by atoms with Crippen LogP contribution in [0.3, 0.4) is 0 Å². The zero-order chi connectivity index (χ0) is 15.6. The Morgan fingerprint density at radius 3 is 2.67 bits per heavy atom. The molecule has 3 N–H and O–H groups in total. The van der Waals surface area contributed by atoms with Crippen molar-refractivity contribution in [2.75, 3.05) is 0 Å². The molecule has 0 unspecified atom stereocenters. The molecule has 2 aromatic heterocycles. The molecule has 0 saturated carbocycles. The summed E-state index contributed by atoms with van der Waals surface area (Å²) in [4.78, 5) is 39.8. The van der Waals surface area contributed by atoms with Crippen LogP contribution in [-0.4, -0.2) is 27.2 Å². The van der Waals surface area contributed by atoms with Crippen molar-refractivity contribution in [1.82, 2.24) is 14.7 Å². The summed E-state index contributed by atoms with van der Waals surface area (Å²) in [6, 6.07) is 4.22. The molecule has 0 aliphatic carbocycles. The molecule has 7 nitrogen and oxygen atoms in total. The molecule has 21 heavy (non-hydrogen) atoms. The molecule has 0 aliphatic rings. The number of primary amides is 1. The molecule has 2 heterocycles. The predicted molar refractivity (Wildman–Crippen MR) is 76.7 cm³/mol. The van der Waals surface area contributed by atoms with Gasteiger partial charge in [-0.2, -0.15) is 0 Å². The van der Waals surface area contributed by atoms with Gasteiger partial charge in [-0.25, -0.2) is 4.98 Å². The quantitative estimate of drug-likeness (QED) is 0.821. The molecule has 0 bridgehead atoms. The Kier molecular flexibility index (Phi) is 4.02. The van der Waals surface area contributed by atoms with Crippen molar-refractivity contribution in [2.24, 2.45) is 11.7 Å². The highest BCUT2D eigenvalue weighted by atomic mass is 16.2. The van der Waals surface area contributed by atoms with E-state index in [0.717, 1.165) is 0 Å². The molecule has 0 fully saturated rings. The standard InChI is InChI=1S/C14H16N4O3/c1-8(2)11(12(15)19)17-13(20)9-7-16-10-5-3-4-6-18(10)14(9)21/h3-8,11H,1-2H3,(H2,15,19)(H,17,20)/t11-/m0/s1. The van der Waals surface area contributed by atoms with Gasteiger partial charge in [-0.05, 0) is 18.1 Å². The lowest BCUT2D eigenvalue weighted by atomic mass is 10.0. The third kappa shape index (κ3) is 2.91. The Morgan fingerprint density at radius 2 is 2.05 bits per heavy atom. The van der Waals surface area contributed by atoms with Crippen LogP contribution in [0.15, 0.2) is 35.4 Å². The number of nitrogens with two attached hydrogens (primary N) is 1. The molecule has 0 radical (unpaired) electrons. The van der Waals surface area contributed by atoms with E-state index in [9.17, 15) is 14.4 Å². The molecule has 110 valence electrons. The Hall–Kier alpha value is -2.70. The number of nitrogens with zero attached hydrogens (tertiary/aromatic N) is 2. The molecule has 0 aromatic carbocycles. The highest BCUT2D eigenvalue weighted by Gasteiger charge is 2.24. The normalized spacial score (nSPS) is 12.3. The van der Waals surface area contributed by atoms with Crippen molar-refractivity contribution in [3.63, 3.8) is 0 Å². The lowest BCUT2D eigenvalue weighted by Crippen LogP contribution is -2.48. The van der Waals surface area contributed by atoms with E-state index in [1.807, 2.05) is 0 Å². The topological polar surface area (TPSA) is 107 Å². The smallest absolute Gasteiger partial charge is 0.270 e. The van der Waals surface area contributed by atoms with E-state index in [1.165, 1.54) is 16.8 Å². The summed E-state index contributed by atoms with van der Waals surface area (Å²) in [5.74, 6) is -1.49. The molecule has 2 amide bonds. The number of nitrogens with one attached hydrogen (secondary N) is 1. The fourth-order valence-electron chi connectivity index (χ4n) is 1.97. The third-order valence-corrected chi connectivity index (χ3v) is 3.12. The van der Waals surface area contributed by atoms with Crippen LogP contribution >= 0.6 is 0 Å². The second-order valence-corrected chi connectivity index (χ2v) is 5.00. The van der Waals surface area contributed by atoms with Crippen molar-refractivity contribution >= 4 is 17.5 Å². The van der Waals surface area contributed by atoms with E-state index >= 15 is 0 Å². The number of aromatic nitrogens is 2. The van der Waals surface area contributed by atoms with Gasteiger partial charge in [0, 0.05) is 12.4 Å². The first-order valence-corrected chi connectivity index (χ1v) is 6.48. The molecule has 7 heteroatoms. The predicted octanol–water partition coefficient (Wildman–Crippen LogP) is -0.0658. The van der Waals surface area contributed by atoms with Crippen LogP contribution in [0.25, 0.3) is 5.65 Å². The zero-order valence-electron chi connectivity index (χ0n) is 11.7. The summed E-state index contributed by atoms with van der Waals surface area (Å²) in [5.41, 5.74) is 5.05. The maximum Gasteiger partial charge on any atom is 0.270 e. The largest absolute Gasteiger partial charge is 0.368 e. The van der Waals surface area contributed by atoms with Crippen molar-refractivity contribution < 1.29 is 9.59 Å². The van der Waals surface area contributed by atoms with Crippen LogP contribution in [0.2, 0.25) is 0 Å². The van der Waals surface area contributed by atoms with Gasteiger partial charge in [0.15, 0.2) is 0 Å². The highest BCUT2D eigenvalue weighted by Crippen LogP contribution is 2.03. The van der Waals surface area contributed by atoms with Crippen molar-refractivity contribution in [1.29, 1.82) is 0 Å². The monoisotopic (exact) mass is 288 g/mol. The molecule has 0 aliphatic heterocycles. The van der Waals surface area contributed by atoms with Gasteiger partial charge in [0.2, 0.25) is 5.91 Å². The minimum Gasteiger partial charge on any atom is -0.368 e. The van der Waals surface area contributed by atoms with Gasteiger partial charge in [0.05, 0.1) is 0 Å². The Labute approximate surface area is 120 Å². The summed E-state index contributed by atoms with van der Waals surface area (Å²) in [5, 5.41) is 2.47. The van der Waals surface area contributed by atoms with Crippen LogP contribution in [0.4, 0.5) is 0 Å². The number of amides is 2. The minimum atomic E-state index is -0.839.